The number of aromatic nitrogens is 2. The summed E-state index contributed by atoms with van der Waals surface area (Å²) in [5.41, 5.74) is 5.62. The molecule has 0 saturated carbocycles. The van der Waals surface area contributed by atoms with E-state index >= 15 is 9.00 Å². The van der Waals surface area contributed by atoms with Gasteiger partial charge in [0.2, 0.25) is 5.88 Å². The van der Waals surface area contributed by atoms with Gasteiger partial charge >= 0.3 is 6.03 Å². The molecule has 1 aliphatic heterocycles. The number of hydrogen-bond donors (Lipinski definition) is 2. The van der Waals surface area contributed by atoms with Gasteiger partial charge in [-0.2, -0.15) is 5.10 Å². The van der Waals surface area contributed by atoms with Gasteiger partial charge in [0, 0.05) is 5.69 Å². The van der Waals surface area contributed by atoms with Gasteiger partial charge < -0.3 is 10.1 Å². The van der Waals surface area contributed by atoms with Gasteiger partial charge in [-0.3, -0.25) is 0 Å². The standard InChI is InChI=1S/C38H37N5O3S/c1-37(2)25-42-35(46-37)33(24-40-42)47(39,45)43(36(44)41-34-31-20-12-13-26(31)23-27-21-22-32(27)34)38(28-14-6-3-7-15-28,29-16-8-4-9-17-29)30-18-10-5-11-19-30/h3-11,14-19,23-24,39H,12-13,20-22,25H2,1-2H3,(H,41,44). The molecule has 2 N–H and O–H groups in total. The number of rotatable bonds is 7. The van der Waals surface area contributed by atoms with Gasteiger partial charge in [-0.25, -0.2) is 22.8 Å². The van der Waals surface area contributed by atoms with Crippen molar-refractivity contribution in [2.75, 3.05) is 5.32 Å². The molecular formula is C38H37N5O3S. The number of benzene rings is 4. The van der Waals surface area contributed by atoms with Crippen LogP contribution in [-0.4, -0.2) is 29.9 Å². The summed E-state index contributed by atoms with van der Waals surface area (Å²) in [6.45, 7) is 4.29. The van der Waals surface area contributed by atoms with Crippen molar-refractivity contribution < 1.29 is 13.7 Å². The Bertz CT molecular complexity index is 2010. The first-order valence-electron chi connectivity index (χ1n) is 16.2. The van der Waals surface area contributed by atoms with Crippen molar-refractivity contribution in [3.63, 3.8) is 0 Å². The van der Waals surface area contributed by atoms with Crippen molar-refractivity contribution in [1.29, 1.82) is 4.78 Å². The third-order valence-electron chi connectivity index (χ3n) is 9.76. The molecule has 2 heterocycles. The third-order valence-corrected chi connectivity index (χ3v) is 11.6. The van der Waals surface area contributed by atoms with E-state index in [0.29, 0.717) is 23.2 Å². The predicted molar refractivity (Wildman–Crippen MR) is 182 cm³/mol. The van der Waals surface area contributed by atoms with E-state index in [2.05, 4.69) is 16.5 Å². The number of carbonyl (C=O) groups is 1. The minimum atomic E-state index is -4.16. The number of nitrogens with zero attached hydrogens (tertiary/aromatic N) is 3. The number of amides is 2. The minimum Gasteiger partial charge on any atom is -0.469 e. The smallest absolute Gasteiger partial charge is 0.336 e. The second-order valence-electron chi connectivity index (χ2n) is 13.3. The number of nitrogens with one attached hydrogen (secondary N) is 2. The summed E-state index contributed by atoms with van der Waals surface area (Å²) in [6, 6.07) is 30.5. The van der Waals surface area contributed by atoms with Crippen LogP contribution in [0.2, 0.25) is 0 Å². The molecule has 0 spiro atoms. The van der Waals surface area contributed by atoms with Crippen LogP contribution in [-0.2, 0) is 47.7 Å². The SMILES string of the molecule is CC1(C)Cn2ncc(S(=N)(=O)N(C(=O)Nc3c4c(cc5c3CC5)CCC4)C(c3ccccc3)(c3ccccc3)c3ccccc3)c2O1. The van der Waals surface area contributed by atoms with Crippen molar-refractivity contribution in [2.24, 2.45) is 0 Å². The molecule has 0 saturated heterocycles. The van der Waals surface area contributed by atoms with Gasteiger partial charge in [-0.05, 0) is 84.9 Å². The molecule has 238 valence electrons. The zero-order valence-electron chi connectivity index (χ0n) is 26.5. The molecular weight excluding hydrogens is 607 g/mol. The number of urea groups is 1. The fourth-order valence-electron chi connectivity index (χ4n) is 7.62. The molecule has 5 aromatic rings. The topological polar surface area (TPSA) is 100 Å². The molecule has 8 nitrogen and oxygen atoms in total. The predicted octanol–water partition coefficient (Wildman–Crippen LogP) is 7.49. The first-order valence-corrected chi connectivity index (χ1v) is 17.7. The molecule has 1 atom stereocenters. The van der Waals surface area contributed by atoms with E-state index in [1.165, 1.54) is 21.6 Å². The average molecular weight is 644 g/mol. The van der Waals surface area contributed by atoms with E-state index < -0.39 is 27.1 Å². The molecule has 0 radical (unpaired) electrons. The Hall–Kier alpha value is -4.89. The van der Waals surface area contributed by atoms with Gasteiger partial charge in [-0.15, -0.1) is 0 Å². The van der Waals surface area contributed by atoms with E-state index in [1.54, 1.807) is 4.68 Å². The van der Waals surface area contributed by atoms with Crippen molar-refractivity contribution in [3.8, 4) is 5.88 Å². The molecule has 47 heavy (non-hydrogen) atoms. The van der Waals surface area contributed by atoms with Crippen LogP contribution in [0, 0.1) is 4.78 Å². The van der Waals surface area contributed by atoms with Gasteiger partial charge in [0.15, 0.2) is 9.92 Å². The van der Waals surface area contributed by atoms with E-state index in [9.17, 15) is 4.78 Å². The van der Waals surface area contributed by atoms with E-state index in [1.807, 2.05) is 105 Å². The Morgan fingerprint density at radius 2 is 1.43 bits per heavy atom. The first-order chi connectivity index (χ1) is 22.7. The molecule has 2 aliphatic carbocycles. The monoisotopic (exact) mass is 643 g/mol. The maximum absolute atomic E-state index is 15.7. The normalized spacial score (nSPS) is 17.0. The average Bonchev–Trinajstić information content (AvgIpc) is 3.76. The summed E-state index contributed by atoms with van der Waals surface area (Å²) >= 11 is 0. The van der Waals surface area contributed by atoms with Crippen LogP contribution in [0.3, 0.4) is 0 Å². The second-order valence-corrected chi connectivity index (χ2v) is 15.1. The van der Waals surface area contributed by atoms with Crippen molar-refractivity contribution >= 4 is 21.6 Å². The lowest BCUT2D eigenvalue weighted by Crippen LogP contribution is -2.55. The second kappa shape index (κ2) is 10.8. The lowest BCUT2D eigenvalue weighted by atomic mass is 9.77. The van der Waals surface area contributed by atoms with Crippen LogP contribution in [0.1, 0.15) is 59.2 Å². The van der Waals surface area contributed by atoms with Crippen LogP contribution < -0.4 is 10.1 Å². The van der Waals surface area contributed by atoms with Gasteiger partial charge in [0.1, 0.15) is 16.0 Å². The van der Waals surface area contributed by atoms with E-state index in [-0.39, 0.29) is 10.8 Å². The van der Waals surface area contributed by atoms with E-state index in [0.717, 1.165) is 48.9 Å². The summed E-state index contributed by atoms with van der Waals surface area (Å²) in [5, 5.41) is 7.79. The van der Waals surface area contributed by atoms with E-state index in [4.69, 9.17) is 4.74 Å². The number of aryl methyl sites for hydroxylation is 2. The zero-order chi connectivity index (χ0) is 32.4. The Balaban J connectivity index is 1.42. The molecule has 8 rings (SSSR count). The Morgan fingerprint density at radius 3 is 1.98 bits per heavy atom. The van der Waals surface area contributed by atoms with Crippen LogP contribution in [0.15, 0.2) is 108 Å². The van der Waals surface area contributed by atoms with Crippen molar-refractivity contribution in [3.05, 3.63) is 142 Å². The molecule has 1 unspecified atom stereocenters. The number of ether oxygens (including phenoxy) is 1. The Labute approximate surface area is 275 Å². The summed E-state index contributed by atoms with van der Waals surface area (Å²) < 4.78 is 34.9. The number of hydrogen-bond acceptors (Lipinski definition) is 5. The highest BCUT2D eigenvalue weighted by Crippen LogP contribution is 2.48. The first kappa shape index (κ1) is 29.5. The molecule has 1 aromatic heterocycles. The van der Waals surface area contributed by atoms with Crippen molar-refractivity contribution in [1.82, 2.24) is 14.1 Å². The zero-order valence-corrected chi connectivity index (χ0v) is 27.3. The lowest BCUT2D eigenvalue weighted by Gasteiger charge is -2.45. The highest BCUT2D eigenvalue weighted by molar-refractivity contribution is 7.90. The fraction of sp³-hybridized carbons (Fsp3) is 0.263. The summed E-state index contributed by atoms with van der Waals surface area (Å²) in [6.07, 6.45) is 6.14. The lowest BCUT2D eigenvalue weighted by molar-refractivity contribution is 0.132. The van der Waals surface area contributed by atoms with Gasteiger partial charge in [0.05, 0.1) is 12.7 Å². The van der Waals surface area contributed by atoms with Gasteiger partial charge in [-0.1, -0.05) is 97.1 Å². The Morgan fingerprint density at radius 1 is 0.872 bits per heavy atom. The summed E-state index contributed by atoms with van der Waals surface area (Å²) in [5.74, 6) is 0.251. The van der Waals surface area contributed by atoms with Crippen LogP contribution in [0.25, 0.3) is 0 Å². The number of anilines is 1. The summed E-state index contributed by atoms with van der Waals surface area (Å²) in [7, 11) is -4.16. The Kier molecular flexibility index (Phi) is 6.81. The highest BCUT2D eigenvalue weighted by atomic mass is 32.2. The highest BCUT2D eigenvalue weighted by Gasteiger charge is 2.52. The molecule has 2 amide bonds. The third kappa shape index (κ3) is 4.58. The largest absolute Gasteiger partial charge is 0.469 e. The molecule has 9 heteroatoms. The molecule has 0 fully saturated rings. The maximum atomic E-state index is 15.7. The minimum absolute atomic E-state index is 0.0664. The molecule has 0 bridgehead atoms. The van der Waals surface area contributed by atoms with Crippen LogP contribution in [0.5, 0.6) is 5.88 Å². The molecule has 4 aromatic carbocycles. The number of carbonyl (C=O) groups excluding carboxylic acids is 1. The molecule has 3 aliphatic rings. The fourth-order valence-corrected chi connectivity index (χ4v) is 9.37. The van der Waals surface area contributed by atoms with Crippen LogP contribution >= 0.6 is 0 Å². The quantitative estimate of drug-likeness (QED) is 0.180. The van der Waals surface area contributed by atoms with Crippen LogP contribution in [0.4, 0.5) is 10.5 Å². The van der Waals surface area contributed by atoms with Gasteiger partial charge in [0.25, 0.3) is 0 Å². The summed E-state index contributed by atoms with van der Waals surface area (Å²) in [4.78, 5) is 15.5. The van der Waals surface area contributed by atoms with Crippen molar-refractivity contribution in [2.45, 2.75) is 68.5 Å². The number of fused-ring (bicyclic) bond motifs is 3. The maximum Gasteiger partial charge on any atom is 0.336 e.